The van der Waals surface area contributed by atoms with Crippen molar-refractivity contribution in [1.82, 2.24) is 14.7 Å². The molecule has 1 aliphatic rings. The van der Waals surface area contributed by atoms with Crippen LogP contribution < -0.4 is 5.73 Å². The average molecular weight is 236 g/mol. The Hall–Kier alpha value is -1.52. The molecule has 1 aromatic rings. The molecule has 5 heteroatoms. The van der Waals surface area contributed by atoms with Crippen molar-refractivity contribution in [3.63, 3.8) is 0 Å². The van der Waals surface area contributed by atoms with Crippen molar-refractivity contribution in [3.05, 3.63) is 11.8 Å². The topological polar surface area (TPSA) is 64.2 Å². The van der Waals surface area contributed by atoms with E-state index in [4.69, 9.17) is 5.73 Å². The van der Waals surface area contributed by atoms with Crippen LogP contribution in [0.2, 0.25) is 0 Å². The fraction of sp³-hybridized carbons (Fsp3) is 0.667. The standard InChI is InChI=1S/C12H20N4O/c1-9-4-3-6-16(7-5-9)12(17)10-8-14-15(2)11(10)13/h8-9H,3-7,13H2,1-2H3. The zero-order chi connectivity index (χ0) is 12.4. The van der Waals surface area contributed by atoms with Crippen LogP contribution in [0.1, 0.15) is 36.5 Å². The Morgan fingerprint density at radius 3 is 2.88 bits per heavy atom. The number of hydrogen-bond acceptors (Lipinski definition) is 3. The van der Waals surface area contributed by atoms with Gasteiger partial charge in [-0.1, -0.05) is 6.92 Å². The minimum absolute atomic E-state index is 0.0182. The number of aryl methyl sites for hydroxylation is 1. The highest BCUT2D eigenvalue weighted by Crippen LogP contribution is 2.19. The lowest BCUT2D eigenvalue weighted by atomic mass is 10.0. The largest absolute Gasteiger partial charge is 0.383 e. The van der Waals surface area contributed by atoms with Gasteiger partial charge in [0.15, 0.2) is 0 Å². The van der Waals surface area contributed by atoms with Crippen molar-refractivity contribution in [3.8, 4) is 0 Å². The summed E-state index contributed by atoms with van der Waals surface area (Å²) in [6.45, 7) is 3.90. The summed E-state index contributed by atoms with van der Waals surface area (Å²) in [6.07, 6.45) is 4.91. The lowest BCUT2D eigenvalue weighted by molar-refractivity contribution is 0.0761. The van der Waals surface area contributed by atoms with Gasteiger partial charge < -0.3 is 10.6 Å². The molecule has 0 aliphatic carbocycles. The number of anilines is 1. The fourth-order valence-electron chi connectivity index (χ4n) is 2.25. The minimum atomic E-state index is 0.0182. The number of rotatable bonds is 1. The summed E-state index contributed by atoms with van der Waals surface area (Å²) in [7, 11) is 1.75. The van der Waals surface area contributed by atoms with E-state index in [0.29, 0.717) is 17.3 Å². The number of hydrogen-bond donors (Lipinski definition) is 1. The molecule has 5 nitrogen and oxygen atoms in total. The summed E-state index contributed by atoms with van der Waals surface area (Å²) < 4.78 is 1.54. The lowest BCUT2D eigenvalue weighted by Crippen LogP contribution is -2.32. The molecular formula is C12H20N4O. The van der Waals surface area contributed by atoms with Crippen molar-refractivity contribution in [1.29, 1.82) is 0 Å². The molecular weight excluding hydrogens is 216 g/mol. The maximum absolute atomic E-state index is 12.3. The van der Waals surface area contributed by atoms with Crippen LogP contribution in [0.3, 0.4) is 0 Å². The first-order chi connectivity index (χ1) is 8.09. The Morgan fingerprint density at radius 1 is 1.47 bits per heavy atom. The molecule has 1 unspecified atom stereocenters. The summed E-state index contributed by atoms with van der Waals surface area (Å²) in [5, 5.41) is 4.01. The summed E-state index contributed by atoms with van der Waals surface area (Å²) in [5.74, 6) is 1.18. The molecule has 1 saturated heterocycles. The molecule has 0 aromatic carbocycles. The third-order valence-electron chi connectivity index (χ3n) is 3.52. The lowest BCUT2D eigenvalue weighted by Gasteiger charge is -2.19. The van der Waals surface area contributed by atoms with Gasteiger partial charge in [0.2, 0.25) is 0 Å². The second kappa shape index (κ2) is 4.77. The van der Waals surface area contributed by atoms with Gasteiger partial charge in [-0.3, -0.25) is 9.48 Å². The summed E-state index contributed by atoms with van der Waals surface area (Å²) in [5.41, 5.74) is 6.36. The number of amides is 1. The Bertz CT molecular complexity index is 413. The molecule has 1 amide bonds. The minimum Gasteiger partial charge on any atom is -0.383 e. The molecule has 0 bridgehead atoms. The number of carbonyl (C=O) groups excluding carboxylic acids is 1. The van der Waals surface area contributed by atoms with Crippen molar-refractivity contribution in [2.24, 2.45) is 13.0 Å². The predicted octanol–water partition coefficient (Wildman–Crippen LogP) is 1.26. The molecule has 1 atom stereocenters. The van der Waals surface area contributed by atoms with Gasteiger partial charge in [-0.25, -0.2) is 0 Å². The van der Waals surface area contributed by atoms with Gasteiger partial charge in [0.1, 0.15) is 11.4 Å². The molecule has 17 heavy (non-hydrogen) atoms. The quantitative estimate of drug-likeness (QED) is 0.798. The molecule has 1 aromatic heterocycles. The second-order valence-electron chi connectivity index (χ2n) is 4.90. The molecule has 1 aliphatic heterocycles. The van der Waals surface area contributed by atoms with Crippen LogP contribution in [0.5, 0.6) is 0 Å². The number of nitrogens with zero attached hydrogens (tertiary/aromatic N) is 3. The van der Waals surface area contributed by atoms with E-state index < -0.39 is 0 Å². The monoisotopic (exact) mass is 236 g/mol. The highest BCUT2D eigenvalue weighted by molar-refractivity contribution is 5.98. The van der Waals surface area contributed by atoms with Crippen LogP contribution >= 0.6 is 0 Å². The molecule has 0 saturated carbocycles. The third-order valence-corrected chi connectivity index (χ3v) is 3.52. The van der Waals surface area contributed by atoms with Gasteiger partial charge >= 0.3 is 0 Å². The summed E-state index contributed by atoms with van der Waals surface area (Å²) in [4.78, 5) is 14.2. The Morgan fingerprint density at radius 2 is 2.24 bits per heavy atom. The normalized spacial score (nSPS) is 21.3. The Balaban J connectivity index is 2.12. The zero-order valence-electron chi connectivity index (χ0n) is 10.5. The molecule has 2 N–H and O–H groups in total. The molecule has 0 spiro atoms. The molecule has 2 rings (SSSR count). The highest BCUT2D eigenvalue weighted by atomic mass is 16.2. The molecule has 94 valence electrons. The van der Waals surface area contributed by atoms with Crippen molar-refractivity contribution < 1.29 is 4.79 Å². The zero-order valence-corrected chi connectivity index (χ0v) is 10.5. The maximum Gasteiger partial charge on any atom is 0.259 e. The van der Waals surface area contributed by atoms with Crippen LogP contribution in [0, 0.1) is 5.92 Å². The molecule has 0 radical (unpaired) electrons. The second-order valence-corrected chi connectivity index (χ2v) is 4.90. The van der Waals surface area contributed by atoms with Gasteiger partial charge in [-0.05, 0) is 25.2 Å². The van der Waals surface area contributed by atoms with Crippen molar-refractivity contribution in [2.75, 3.05) is 18.8 Å². The molecule has 1 fully saturated rings. The fourth-order valence-corrected chi connectivity index (χ4v) is 2.25. The highest BCUT2D eigenvalue weighted by Gasteiger charge is 2.22. The van der Waals surface area contributed by atoms with Gasteiger partial charge in [-0.2, -0.15) is 5.10 Å². The van der Waals surface area contributed by atoms with E-state index in [1.54, 1.807) is 13.2 Å². The average Bonchev–Trinajstić information content (AvgIpc) is 2.53. The number of carbonyl (C=O) groups is 1. The van der Waals surface area contributed by atoms with E-state index >= 15 is 0 Å². The van der Waals surface area contributed by atoms with E-state index in [1.807, 2.05) is 4.90 Å². The SMILES string of the molecule is CC1CCCN(C(=O)c2cnn(C)c2N)CC1. The van der Waals surface area contributed by atoms with Gasteiger partial charge in [-0.15, -0.1) is 0 Å². The smallest absolute Gasteiger partial charge is 0.259 e. The molecule has 2 heterocycles. The van der Waals surface area contributed by atoms with Gasteiger partial charge in [0.05, 0.1) is 6.20 Å². The van der Waals surface area contributed by atoms with E-state index in [9.17, 15) is 4.79 Å². The Labute approximate surface area is 102 Å². The first kappa shape index (κ1) is 12.0. The van der Waals surface area contributed by atoms with E-state index in [1.165, 1.54) is 11.1 Å². The van der Waals surface area contributed by atoms with Gasteiger partial charge in [0, 0.05) is 20.1 Å². The van der Waals surface area contributed by atoms with Crippen LogP contribution in [0.15, 0.2) is 6.20 Å². The first-order valence-corrected chi connectivity index (χ1v) is 6.16. The van der Waals surface area contributed by atoms with E-state index in [0.717, 1.165) is 25.9 Å². The van der Waals surface area contributed by atoms with Crippen molar-refractivity contribution in [2.45, 2.75) is 26.2 Å². The van der Waals surface area contributed by atoms with Crippen LogP contribution in [-0.2, 0) is 7.05 Å². The number of nitrogen functional groups attached to an aromatic ring is 1. The first-order valence-electron chi connectivity index (χ1n) is 6.16. The van der Waals surface area contributed by atoms with Crippen molar-refractivity contribution >= 4 is 11.7 Å². The number of likely N-dealkylation sites (tertiary alicyclic amines) is 1. The summed E-state index contributed by atoms with van der Waals surface area (Å²) >= 11 is 0. The van der Waals surface area contributed by atoms with Crippen LogP contribution in [0.4, 0.5) is 5.82 Å². The van der Waals surface area contributed by atoms with E-state index in [2.05, 4.69) is 12.0 Å². The van der Waals surface area contributed by atoms with Crippen LogP contribution in [-0.4, -0.2) is 33.7 Å². The van der Waals surface area contributed by atoms with E-state index in [-0.39, 0.29) is 5.91 Å². The number of nitrogens with two attached hydrogens (primary N) is 1. The van der Waals surface area contributed by atoms with Gasteiger partial charge in [0.25, 0.3) is 5.91 Å². The van der Waals surface area contributed by atoms with Crippen LogP contribution in [0.25, 0.3) is 0 Å². The third kappa shape index (κ3) is 2.43. The summed E-state index contributed by atoms with van der Waals surface area (Å²) in [6, 6.07) is 0. The Kier molecular flexibility index (Phi) is 3.36. The number of aromatic nitrogens is 2. The maximum atomic E-state index is 12.3. The predicted molar refractivity (Wildman–Crippen MR) is 66.5 cm³/mol.